The fourth-order valence-electron chi connectivity index (χ4n) is 1.56. The summed E-state index contributed by atoms with van der Waals surface area (Å²) >= 11 is 0. The minimum absolute atomic E-state index is 0.0312. The molecule has 2 N–H and O–H groups in total. The smallest absolute Gasteiger partial charge is 0.335 e. The maximum Gasteiger partial charge on any atom is 0.335 e. The molecule has 0 saturated carbocycles. The molecule has 0 fully saturated rings. The van der Waals surface area contributed by atoms with Crippen molar-refractivity contribution in [2.75, 3.05) is 6.26 Å². The Bertz CT molecular complexity index is 669. The fraction of sp³-hybridized carbons (Fsp3) is 0.100. The lowest BCUT2D eigenvalue weighted by molar-refractivity contribution is 0.0697. The normalized spacial score (nSPS) is 11.8. The Hall–Kier alpha value is -1.82. The molecule has 16 heavy (non-hydrogen) atoms. The van der Waals surface area contributed by atoms with Crippen molar-refractivity contribution in [2.45, 2.75) is 4.90 Å². The van der Waals surface area contributed by atoms with Gasteiger partial charge in [-0.1, -0.05) is 0 Å². The van der Waals surface area contributed by atoms with Gasteiger partial charge in [-0.2, -0.15) is 0 Å². The molecule has 0 radical (unpaired) electrons. The van der Waals surface area contributed by atoms with E-state index >= 15 is 0 Å². The van der Waals surface area contributed by atoms with Gasteiger partial charge in [-0.25, -0.2) is 13.2 Å². The lowest BCUT2D eigenvalue weighted by atomic mass is 10.1. The monoisotopic (exact) mass is 239 g/mol. The molecule has 2 aromatic rings. The number of carboxylic acids is 1. The second kappa shape index (κ2) is 3.34. The van der Waals surface area contributed by atoms with Crippen LogP contribution in [0.4, 0.5) is 0 Å². The van der Waals surface area contributed by atoms with E-state index in [1.165, 1.54) is 12.1 Å². The predicted octanol–water partition coefficient (Wildman–Crippen LogP) is 1.27. The standard InChI is InChI=1S/C10H9NO4S/c1-16(14,15)9-5-6(10(12)13)4-8-7(9)2-3-11-8/h2-5,11H,1H3,(H,12,13). The first-order valence-electron chi connectivity index (χ1n) is 4.44. The first kappa shape index (κ1) is 10.7. The zero-order valence-corrected chi connectivity index (χ0v) is 9.21. The summed E-state index contributed by atoms with van der Waals surface area (Å²) < 4.78 is 23.0. The van der Waals surface area contributed by atoms with Gasteiger partial charge in [0.25, 0.3) is 0 Å². The summed E-state index contributed by atoms with van der Waals surface area (Å²) in [5.74, 6) is -1.15. The van der Waals surface area contributed by atoms with Crippen molar-refractivity contribution < 1.29 is 18.3 Å². The Balaban J connectivity index is 2.89. The van der Waals surface area contributed by atoms with Crippen LogP contribution in [0.15, 0.2) is 29.3 Å². The van der Waals surface area contributed by atoms with E-state index in [-0.39, 0.29) is 10.5 Å². The molecular formula is C10H9NO4S. The maximum atomic E-state index is 11.5. The third kappa shape index (κ3) is 1.67. The molecule has 0 amide bonds. The van der Waals surface area contributed by atoms with Crippen molar-refractivity contribution in [1.29, 1.82) is 0 Å². The van der Waals surface area contributed by atoms with Crippen molar-refractivity contribution in [1.82, 2.24) is 4.98 Å². The van der Waals surface area contributed by atoms with Gasteiger partial charge >= 0.3 is 5.97 Å². The van der Waals surface area contributed by atoms with Crippen molar-refractivity contribution in [3.05, 3.63) is 30.0 Å². The highest BCUT2D eigenvalue weighted by molar-refractivity contribution is 7.91. The Morgan fingerprint density at radius 2 is 2.06 bits per heavy atom. The summed E-state index contributed by atoms with van der Waals surface area (Å²) in [5.41, 5.74) is 0.454. The minimum Gasteiger partial charge on any atom is -0.478 e. The second-order valence-corrected chi connectivity index (χ2v) is 5.47. The number of aromatic amines is 1. The summed E-state index contributed by atoms with van der Waals surface area (Å²) in [7, 11) is -3.44. The zero-order valence-electron chi connectivity index (χ0n) is 8.39. The van der Waals surface area contributed by atoms with Crippen LogP contribution in [-0.2, 0) is 9.84 Å². The van der Waals surface area contributed by atoms with E-state index in [4.69, 9.17) is 5.11 Å². The van der Waals surface area contributed by atoms with Crippen LogP contribution in [0.2, 0.25) is 0 Å². The molecular weight excluding hydrogens is 230 g/mol. The summed E-state index contributed by atoms with van der Waals surface area (Å²) in [6, 6.07) is 4.19. The predicted molar refractivity (Wildman–Crippen MR) is 58.4 cm³/mol. The molecule has 0 aliphatic rings. The number of carboxylic acid groups (broad SMARTS) is 1. The molecule has 1 aromatic carbocycles. The Kier molecular flexibility index (Phi) is 2.23. The number of aromatic carboxylic acids is 1. The molecule has 0 spiro atoms. The van der Waals surface area contributed by atoms with Gasteiger partial charge in [0.05, 0.1) is 10.5 Å². The molecule has 0 atom stereocenters. The van der Waals surface area contributed by atoms with Crippen LogP contribution in [0.3, 0.4) is 0 Å². The van der Waals surface area contributed by atoms with Crippen molar-refractivity contribution >= 4 is 26.7 Å². The number of fused-ring (bicyclic) bond motifs is 1. The number of nitrogens with one attached hydrogen (secondary N) is 1. The number of H-pyrrole nitrogens is 1. The highest BCUT2D eigenvalue weighted by atomic mass is 32.2. The second-order valence-electron chi connectivity index (χ2n) is 3.49. The van der Waals surface area contributed by atoms with E-state index in [1.54, 1.807) is 12.3 Å². The highest BCUT2D eigenvalue weighted by Crippen LogP contribution is 2.24. The summed E-state index contributed by atoms with van der Waals surface area (Å²) in [5, 5.41) is 9.37. The lowest BCUT2D eigenvalue weighted by Crippen LogP contribution is -2.02. The first-order valence-corrected chi connectivity index (χ1v) is 6.33. The van der Waals surface area contributed by atoms with Crippen molar-refractivity contribution in [3.8, 4) is 0 Å². The number of aromatic nitrogens is 1. The van der Waals surface area contributed by atoms with E-state index in [0.717, 1.165) is 6.26 Å². The zero-order chi connectivity index (χ0) is 11.9. The Morgan fingerprint density at radius 3 is 2.62 bits per heavy atom. The highest BCUT2D eigenvalue weighted by Gasteiger charge is 2.16. The SMILES string of the molecule is CS(=O)(=O)c1cc(C(=O)O)cc2[nH]ccc12. The van der Waals surface area contributed by atoms with E-state index in [9.17, 15) is 13.2 Å². The van der Waals surface area contributed by atoms with E-state index in [0.29, 0.717) is 10.9 Å². The van der Waals surface area contributed by atoms with Crippen LogP contribution in [0.1, 0.15) is 10.4 Å². The van der Waals surface area contributed by atoms with Crippen molar-refractivity contribution in [2.24, 2.45) is 0 Å². The minimum atomic E-state index is -3.44. The largest absolute Gasteiger partial charge is 0.478 e. The average molecular weight is 239 g/mol. The first-order chi connectivity index (χ1) is 7.39. The molecule has 6 heteroatoms. The molecule has 1 heterocycles. The van der Waals surface area contributed by atoms with Gasteiger partial charge < -0.3 is 10.1 Å². The molecule has 0 aliphatic heterocycles. The van der Waals surface area contributed by atoms with E-state index < -0.39 is 15.8 Å². The summed E-state index contributed by atoms with van der Waals surface area (Å²) in [6.45, 7) is 0. The molecule has 0 unspecified atom stereocenters. The third-order valence-corrected chi connectivity index (χ3v) is 3.41. The van der Waals surface area contributed by atoms with E-state index in [2.05, 4.69) is 4.98 Å². The van der Waals surface area contributed by atoms with Gasteiger partial charge in [0.2, 0.25) is 0 Å². The quantitative estimate of drug-likeness (QED) is 0.826. The Morgan fingerprint density at radius 1 is 1.38 bits per heavy atom. The van der Waals surface area contributed by atoms with Crippen LogP contribution in [0.25, 0.3) is 10.9 Å². The van der Waals surface area contributed by atoms with Crippen molar-refractivity contribution in [3.63, 3.8) is 0 Å². The van der Waals surface area contributed by atoms with Gasteiger partial charge in [0.15, 0.2) is 9.84 Å². The molecule has 0 bridgehead atoms. The topological polar surface area (TPSA) is 87.2 Å². The van der Waals surface area contributed by atoms with Crippen LogP contribution < -0.4 is 0 Å². The van der Waals surface area contributed by atoms with Gasteiger partial charge in [-0.05, 0) is 18.2 Å². The number of carbonyl (C=O) groups is 1. The fourth-order valence-corrected chi connectivity index (χ4v) is 2.48. The summed E-state index contributed by atoms with van der Waals surface area (Å²) in [4.78, 5) is 13.7. The molecule has 0 aliphatic carbocycles. The van der Waals surface area contributed by atoms with Gasteiger partial charge in [0.1, 0.15) is 0 Å². The maximum absolute atomic E-state index is 11.5. The molecule has 5 nitrogen and oxygen atoms in total. The molecule has 2 rings (SSSR count). The van der Waals surface area contributed by atoms with E-state index in [1.807, 2.05) is 0 Å². The number of sulfone groups is 1. The number of hydrogen-bond donors (Lipinski definition) is 2. The van der Waals surface area contributed by atoms with Crippen LogP contribution in [-0.4, -0.2) is 30.7 Å². The molecule has 0 saturated heterocycles. The van der Waals surface area contributed by atoms with Crippen LogP contribution in [0, 0.1) is 0 Å². The van der Waals surface area contributed by atoms with Crippen LogP contribution >= 0.6 is 0 Å². The number of rotatable bonds is 2. The number of benzene rings is 1. The number of hydrogen-bond acceptors (Lipinski definition) is 3. The summed E-state index contributed by atoms with van der Waals surface area (Å²) in [6.07, 6.45) is 2.63. The van der Waals surface area contributed by atoms with Gasteiger partial charge in [-0.3, -0.25) is 0 Å². The molecule has 84 valence electrons. The average Bonchev–Trinajstić information content (AvgIpc) is 2.61. The van der Waals surface area contributed by atoms with Crippen LogP contribution in [0.5, 0.6) is 0 Å². The Labute approximate surface area is 91.6 Å². The molecule has 1 aromatic heterocycles. The lowest BCUT2D eigenvalue weighted by Gasteiger charge is -2.03. The van der Waals surface area contributed by atoms with Gasteiger partial charge in [-0.15, -0.1) is 0 Å². The third-order valence-electron chi connectivity index (χ3n) is 2.28. The van der Waals surface area contributed by atoms with Gasteiger partial charge in [0, 0.05) is 23.4 Å².